The Labute approximate surface area is 155 Å². The van der Waals surface area contributed by atoms with Crippen LogP contribution >= 0.6 is 0 Å². The molecular weight excluding hydrogens is 344 g/mol. The highest BCUT2D eigenvalue weighted by molar-refractivity contribution is 7.89. The summed E-state index contributed by atoms with van der Waals surface area (Å²) in [6, 6.07) is 23.3. The molecule has 0 radical (unpaired) electrons. The molecule has 0 fully saturated rings. The standard InChI is InChI=1S/C21H24N2O2S/c1-22-19(16-17-8-3-2-4-9-17)14-15-23-26(24,25)21-13-7-11-18-10-5-6-12-20(18)21/h2-13,19,22-23H,14-16H2,1H3. The molecule has 5 heteroatoms. The lowest BCUT2D eigenvalue weighted by Crippen LogP contribution is -2.33. The first-order valence-corrected chi connectivity index (χ1v) is 10.3. The van der Waals surface area contributed by atoms with Crippen molar-refractivity contribution in [3.05, 3.63) is 78.4 Å². The Morgan fingerprint density at radius 2 is 1.58 bits per heavy atom. The minimum atomic E-state index is -3.54. The minimum Gasteiger partial charge on any atom is -0.317 e. The van der Waals surface area contributed by atoms with E-state index >= 15 is 0 Å². The lowest BCUT2D eigenvalue weighted by molar-refractivity contribution is 0.511. The molecule has 26 heavy (non-hydrogen) atoms. The Kier molecular flexibility index (Phi) is 6.04. The molecule has 0 heterocycles. The van der Waals surface area contributed by atoms with Crippen LogP contribution in [0.2, 0.25) is 0 Å². The minimum absolute atomic E-state index is 0.215. The molecule has 1 unspecified atom stereocenters. The van der Waals surface area contributed by atoms with Gasteiger partial charge in [-0.3, -0.25) is 0 Å². The van der Waals surface area contributed by atoms with Gasteiger partial charge in [-0.05, 0) is 36.9 Å². The van der Waals surface area contributed by atoms with Crippen LogP contribution in [0.3, 0.4) is 0 Å². The molecule has 0 aliphatic rings. The molecule has 1 atom stereocenters. The van der Waals surface area contributed by atoms with Crippen LogP contribution in [0, 0.1) is 0 Å². The second-order valence-corrected chi connectivity index (χ2v) is 8.07. The molecule has 0 aliphatic heterocycles. The highest BCUT2D eigenvalue weighted by Crippen LogP contribution is 2.22. The summed E-state index contributed by atoms with van der Waals surface area (Å²) in [5, 5.41) is 4.94. The van der Waals surface area contributed by atoms with Crippen molar-refractivity contribution in [3.8, 4) is 0 Å². The highest BCUT2D eigenvalue weighted by atomic mass is 32.2. The van der Waals surface area contributed by atoms with Crippen molar-refractivity contribution in [2.75, 3.05) is 13.6 Å². The quantitative estimate of drug-likeness (QED) is 0.641. The van der Waals surface area contributed by atoms with E-state index in [4.69, 9.17) is 0 Å². The predicted molar refractivity (Wildman–Crippen MR) is 107 cm³/mol. The SMILES string of the molecule is CNC(CCNS(=O)(=O)c1cccc2ccccc12)Cc1ccccc1. The summed E-state index contributed by atoms with van der Waals surface area (Å²) in [7, 11) is -1.63. The fourth-order valence-electron chi connectivity index (χ4n) is 3.12. The van der Waals surface area contributed by atoms with Gasteiger partial charge < -0.3 is 5.32 Å². The lowest BCUT2D eigenvalue weighted by Gasteiger charge is -2.17. The van der Waals surface area contributed by atoms with E-state index in [-0.39, 0.29) is 6.04 Å². The largest absolute Gasteiger partial charge is 0.317 e. The van der Waals surface area contributed by atoms with Gasteiger partial charge in [-0.15, -0.1) is 0 Å². The van der Waals surface area contributed by atoms with E-state index in [1.807, 2.05) is 55.6 Å². The van der Waals surface area contributed by atoms with Crippen LogP contribution in [0.15, 0.2) is 77.7 Å². The molecule has 3 aromatic rings. The third kappa shape index (κ3) is 4.49. The van der Waals surface area contributed by atoms with Gasteiger partial charge in [0.1, 0.15) is 0 Å². The topological polar surface area (TPSA) is 58.2 Å². The summed E-state index contributed by atoms with van der Waals surface area (Å²) in [6.07, 6.45) is 1.59. The summed E-state index contributed by atoms with van der Waals surface area (Å²) < 4.78 is 28.2. The van der Waals surface area contributed by atoms with Gasteiger partial charge in [0.05, 0.1) is 4.90 Å². The third-order valence-corrected chi connectivity index (χ3v) is 6.08. The lowest BCUT2D eigenvalue weighted by atomic mass is 10.0. The van der Waals surface area contributed by atoms with Gasteiger partial charge >= 0.3 is 0 Å². The zero-order chi connectivity index (χ0) is 18.4. The van der Waals surface area contributed by atoms with E-state index in [2.05, 4.69) is 22.2 Å². The second kappa shape index (κ2) is 8.45. The van der Waals surface area contributed by atoms with Crippen LogP contribution in [-0.4, -0.2) is 28.1 Å². The van der Waals surface area contributed by atoms with Gasteiger partial charge in [-0.1, -0.05) is 66.7 Å². The van der Waals surface area contributed by atoms with Crippen LogP contribution in [0.4, 0.5) is 0 Å². The van der Waals surface area contributed by atoms with Gasteiger partial charge in [0.2, 0.25) is 10.0 Å². The first-order chi connectivity index (χ1) is 12.6. The number of fused-ring (bicyclic) bond motifs is 1. The molecule has 0 aromatic heterocycles. The fourth-order valence-corrected chi connectivity index (χ4v) is 4.40. The molecule has 0 spiro atoms. The van der Waals surface area contributed by atoms with E-state index in [9.17, 15) is 8.42 Å². The van der Waals surface area contributed by atoms with Crippen molar-refractivity contribution in [1.29, 1.82) is 0 Å². The fraction of sp³-hybridized carbons (Fsp3) is 0.238. The molecule has 4 nitrogen and oxygen atoms in total. The summed E-state index contributed by atoms with van der Waals surface area (Å²) in [6.45, 7) is 0.393. The average Bonchev–Trinajstić information content (AvgIpc) is 2.67. The normalized spacial score (nSPS) is 13.0. The van der Waals surface area contributed by atoms with E-state index in [0.717, 1.165) is 23.6 Å². The van der Waals surface area contributed by atoms with Crippen molar-refractivity contribution < 1.29 is 8.42 Å². The molecule has 0 aliphatic carbocycles. The molecule has 0 saturated carbocycles. The van der Waals surface area contributed by atoms with E-state index < -0.39 is 10.0 Å². The van der Waals surface area contributed by atoms with Crippen LogP contribution in [-0.2, 0) is 16.4 Å². The first kappa shape index (κ1) is 18.6. The van der Waals surface area contributed by atoms with E-state index in [1.54, 1.807) is 12.1 Å². The highest BCUT2D eigenvalue weighted by Gasteiger charge is 2.17. The first-order valence-electron chi connectivity index (χ1n) is 8.79. The molecule has 0 bridgehead atoms. The Balaban J connectivity index is 1.66. The van der Waals surface area contributed by atoms with Crippen LogP contribution in [0.1, 0.15) is 12.0 Å². The van der Waals surface area contributed by atoms with Gasteiger partial charge in [-0.2, -0.15) is 0 Å². The number of nitrogens with one attached hydrogen (secondary N) is 2. The number of hydrogen-bond acceptors (Lipinski definition) is 3. The molecule has 0 saturated heterocycles. The number of likely N-dealkylation sites (N-methyl/N-ethyl adjacent to an activating group) is 1. The summed E-state index contributed by atoms with van der Waals surface area (Å²) in [4.78, 5) is 0.333. The Morgan fingerprint density at radius 1 is 0.885 bits per heavy atom. The van der Waals surface area contributed by atoms with Gasteiger partial charge in [0, 0.05) is 18.0 Å². The Morgan fingerprint density at radius 3 is 2.35 bits per heavy atom. The zero-order valence-corrected chi connectivity index (χ0v) is 15.7. The van der Waals surface area contributed by atoms with Crippen LogP contribution in [0.25, 0.3) is 10.8 Å². The smallest absolute Gasteiger partial charge is 0.241 e. The maximum Gasteiger partial charge on any atom is 0.241 e. The monoisotopic (exact) mass is 368 g/mol. The average molecular weight is 369 g/mol. The number of rotatable bonds is 8. The molecular formula is C21H24N2O2S. The van der Waals surface area contributed by atoms with E-state index in [0.29, 0.717) is 11.4 Å². The van der Waals surface area contributed by atoms with Gasteiger partial charge in [0.15, 0.2) is 0 Å². The summed E-state index contributed by atoms with van der Waals surface area (Å²) >= 11 is 0. The number of sulfonamides is 1. The zero-order valence-electron chi connectivity index (χ0n) is 14.9. The summed E-state index contributed by atoms with van der Waals surface area (Å²) in [5.74, 6) is 0. The Bertz CT molecular complexity index is 951. The van der Waals surface area contributed by atoms with Crippen LogP contribution in [0.5, 0.6) is 0 Å². The van der Waals surface area contributed by atoms with Crippen LogP contribution < -0.4 is 10.0 Å². The molecule has 136 valence electrons. The van der Waals surface area contributed by atoms with Crippen molar-refractivity contribution in [1.82, 2.24) is 10.0 Å². The maximum absolute atomic E-state index is 12.7. The van der Waals surface area contributed by atoms with Crippen molar-refractivity contribution in [2.45, 2.75) is 23.8 Å². The van der Waals surface area contributed by atoms with Crippen molar-refractivity contribution in [2.24, 2.45) is 0 Å². The van der Waals surface area contributed by atoms with Crippen molar-refractivity contribution >= 4 is 20.8 Å². The number of benzene rings is 3. The summed E-state index contributed by atoms with van der Waals surface area (Å²) in [5.41, 5.74) is 1.24. The van der Waals surface area contributed by atoms with Crippen molar-refractivity contribution in [3.63, 3.8) is 0 Å². The van der Waals surface area contributed by atoms with Gasteiger partial charge in [-0.25, -0.2) is 13.1 Å². The molecule has 2 N–H and O–H groups in total. The molecule has 3 rings (SSSR count). The molecule has 3 aromatic carbocycles. The third-order valence-electron chi connectivity index (χ3n) is 4.56. The van der Waals surface area contributed by atoms with Gasteiger partial charge in [0.25, 0.3) is 0 Å². The molecule has 0 amide bonds. The maximum atomic E-state index is 12.7. The second-order valence-electron chi connectivity index (χ2n) is 6.34. The predicted octanol–water partition coefficient (Wildman–Crippen LogP) is 3.34. The Hall–Kier alpha value is -2.21. The number of hydrogen-bond donors (Lipinski definition) is 2. The van der Waals surface area contributed by atoms with E-state index in [1.165, 1.54) is 5.56 Å².